The Bertz CT molecular complexity index is 417. The van der Waals surface area contributed by atoms with Crippen molar-refractivity contribution in [1.82, 2.24) is 10.6 Å². The van der Waals surface area contributed by atoms with Gasteiger partial charge in [0.2, 0.25) is 0 Å². The van der Waals surface area contributed by atoms with E-state index in [2.05, 4.69) is 10.6 Å². The normalized spacial score (nSPS) is 9.74. The number of benzene rings is 1. The minimum atomic E-state index is -0.942. The van der Waals surface area contributed by atoms with Crippen LogP contribution in [-0.4, -0.2) is 36.8 Å². The Balaban J connectivity index is 2.08. The Labute approximate surface area is 111 Å². The van der Waals surface area contributed by atoms with Crippen LogP contribution >= 0.6 is 0 Å². The molecule has 6 heteroatoms. The van der Waals surface area contributed by atoms with Crippen molar-refractivity contribution in [2.45, 2.75) is 13.3 Å². The number of urea groups is 1. The van der Waals surface area contributed by atoms with Gasteiger partial charge in [-0.2, -0.15) is 0 Å². The molecule has 1 rings (SSSR count). The minimum absolute atomic E-state index is 0.0900. The number of rotatable bonds is 7. The third kappa shape index (κ3) is 6.92. The van der Waals surface area contributed by atoms with E-state index in [1.54, 1.807) is 0 Å². The van der Waals surface area contributed by atoms with Crippen LogP contribution in [-0.2, 0) is 4.79 Å². The molecule has 0 heterocycles. The van der Waals surface area contributed by atoms with Gasteiger partial charge >= 0.3 is 12.0 Å². The Morgan fingerprint density at radius 3 is 2.42 bits per heavy atom. The van der Waals surface area contributed by atoms with Gasteiger partial charge in [-0.15, -0.1) is 0 Å². The lowest BCUT2D eigenvalue weighted by Crippen LogP contribution is -2.38. The van der Waals surface area contributed by atoms with Gasteiger partial charge in [-0.25, -0.2) is 4.79 Å². The summed E-state index contributed by atoms with van der Waals surface area (Å²) in [6.45, 7) is 2.81. The summed E-state index contributed by atoms with van der Waals surface area (Å²) in [7, 11) is 0. The summed E-state index contributed by atoms with van der Waals surface area (Å²) in [5.41, 5.74) is 1.16. The Kier molecular flexibility index (Phi) is 6.21. The molecular formula is C13H18N2O4. The summed E-state index contributed by atoms with van der Waals surface area (Å²) in [5.74, 6) is -0.193. The second-order valence-corrected chi connectivity index (χ2v) is 3.99. The minimum Gasteiger partial charge on any atom is -0.492 e. The number of carbonyl (C=O) groups excluding carboxylic acids is 1. The van der Waals surface area contributed by atoms with Crippen LogP contribution in [0.2, 0.25) is 0 Å². The molecule has 0 radical (unpaired) electrons. The highest BCUT2D eigenvalue weighted by Gasteiger charge is 2.01. The predicted molar refractivity (Wildman–Crippen MR) is 70.3 cm³/mol. The number of carbonyl (C=O) groups is 2. The molecule has 0 spiro atoms. The summed E-state index contributed by atoms with van der Waals surface area (Å²) >= 11 is 0. The first-order valence-electron chi connectivity index (χ1n) is 6.01. The maximum atomic E-state index is 11.2. The first-order chi connectivity index (χ1) is 9.08. The number of amides is 2. The average molecular weight is 266 g/mol. The van der Waals surface area contributed by atoms with Gasteiger partial charge in [0.1, 0.15) is 12.4 Å². The van der Waals surface area contributed by atoms with Crippen LogP contribution in [0.4, 0.5) is 4.79 Å². The second kappa shape index (κ2) is 7.97. The number of hydrogen-bond donors (Lipinski definition) is 3. The van der Waals surface area contributed by atoms with Crippen molar-refractivity contribution in [3.05, 3.63) is 29.8 Å². The molecule has 0 saturated heterocycles. The zero-order valence-electron chi connectivity index (χ0n) is 10.8. The molecule has 0 fully saturated rings. The van der Waals surface area contributed by atoms with Gasteiger partial charge in [-0.05, 0) is 19.1 Å². The van der Waals surface area contributed by atoms with Gasteiger partial charge in [0.05, 0.1) is 13.0 Å². The van der Waals surface area contributed by atoms with Crippen LogP contribution in [0.15, 0.2) is 24.3 Å². The molecule has 0 aromatic heterocycles. The van der Waals surface area contributed by atoms with Crippen LogP contribution in [0.25, 0.3) is 0 Å². The zero-order valence-corrected chi connectivity index (χ0v) is 10.8. The lowest BCUT2D eigenvalue weighted by Gasteiger charge is -2.08. The molecule has 0 aliphatic heterocycles. The van der Waals surface area contributed by atoms with Gasteiger partial charge in [0.25, 0.3) is 0 Å². The predicted octanol–water partition coefficient (Wildman–Crippen LogP) is 1.15. The van der Waals surface area contributed by atoms with Crippen molar-refractivity contribution in [2.24, 2.45) is 0 Å². The fraction of sp³-hybridized carbons (Fsp3) is 0.385. The maximum absolute atomic E-state index is 11.2. The van der Waals surface area contributed by atoms with E-state index in [0.29, 0.717) is 13.2 Å². The molecule has 19 heavy (non-hydrogen) atoms. The topological polar surface area (TPSA) is 87.7 Å². The summed E-state index contributed by atoms with van der Waals surface area (Å²) in [5, 5.41) is 13.4. The van der Waals surface area contributed by atoms with Crippen LogP contribution in [0, 0.1) is 6.92 Å². The Morgan fingerprint density at radius 2 is 1.79 bits per heavy atom. The van der Waals surface area contributed by atoms with Crippen molar-refractivity contribution >= 4 is 12.0 Å². The number of aliphatic carboxylic acids is 1. The van der Waals surface area contributed by atoms with Gasteiger partial charge in [-0.1, -0.05) is 17.7 Å². The van der Waals surface area contributed by atoms with Crippen LogP contribution in [0.1, 0.15) is 12.0 Å². The van der Waals surface area contributed by atoms with Crippen LogP contribution in [0.3, 0.4) is 0 Å². The molecule has 0 saturated carbocycles. The van der Waals surface area contributed by atoms with E-state index in [0.717, 1.165) is 11.3 Å². The summed E-state index contributed by atoms with van der Waals surface area (Å²) in [6.07, 6.45) is -0.0900. The van der Waals surface area contributed by atoms with E-state index in [-0.39, 0.29) is 13.0 Å². The smallest absolute Gasteiger partial charge is 0.314 e. The fourth-order valence-corrected chi connectivity index (χ4v) is 1.31. The van der Waals surface area contributed by atoms with E-state index in [1.165, 1.54) is 0 Å². The molecule has 0 atom stereocenters. The van der Waals surface area contributed by atoms with Gasteiger partial charge in [0, 0.05) is 6.54 Å². The lowest BCUT2D eigenvalue weighted by molar-refractivity contribution is -0.136. The number of aryl methyl sites for hydroxylation is 1. The van der Waals surface area contributed by atoms with Crippen LogP contribution < -0.4 is 15.4 Å². The Morgan fingerprint density at radius 1 is 1.16 bits per heavy atom. The van der Waals surface area contributed by atoms with E-state index >= 15 is 0 Å². The molecule has 1 aromatic rings. The summed E-state index contributed by atoms with van der Waals surface area (Å²) < 4.78 is 5.42. The molecule has 0 aliphatic rings. The van der Waals surface area contributed by atoms with Gasteiger partial charge < -0.3 is 20.5 Å². The highest BCUT2D eigenvalue weighted by molar-refractivity contribution is 5.74. The molecule has 104 valence electrons. The van der Waals surface area contributed by atoms with Crippen LogP contribution in [0.5, 0.6) is 5.75 Å². The number of carboxylic acid groups (broad SMARTS) is 1. The van der Waals surface area contributed by atoms with Gasteiger partial charge in [-0.3, -0.25) is 4.79 Å². The van der Waals surface area contributed by atoms with E-state index in [1.807, 2.05) is 31.2 Å². The summed E-state index contributed by atoms with van der Waals surface area (Å²) in [4.78, 5) is 21.4. The van der Waals surface area contributed by atoms with Crippen molar-refractivity contribution in [3.63, 3.8) is 0 Å². The number of carboxylic acids is 1. The highest BCUT2D eigenvalue weighted by Crippen LogP contribution is 2.10. The van der Waals surface area contributed by atoms with Crippen molar-refractivity contribution < 1.29 is 19.4 Å². The third-order valence-corrected chi connectivity index (χ3v) is 2.30. The fourth-order valence-electron chi connectivity index (χ4n) is 1.31. The molecule has 1 aromatic carbocycles. The summed E-state index contributed by atoms with van der Waals surface area (Å²) in [6, 6.07) is 7.22. The molecule has 3 N–H and O–H groups in total. The first-order valence-corrected chi connectivity index (χ1v) is 6.01. The van der Waals surface area contributed by atoms with E-state index in [4.69, 9.17) is 9.84 Å². The molecule has 0 bridgehead atoms. The molecule has 6 nitrogen and oxygen atoms in total. The molecular weight excluding hydrogens is 248 g/mol. The number of nitrogens with one attached hydrogen (secondary N) is 2. The van der Waals surface area contributed by atoms with E-state index < -0.39 is 12.0 Å². The highest BCUT2D eigenvalue weighted by atomic mass is 16.5. The first kappa shape index (κ1) is 14.8. The average Bonchev–Trinajstić information content (AvgIpc) is 2.36. The van der Waals surface area contributed by atoms with Crippen molar-refractivity contribution in [3.8, 4) is 5.75 Å². The van der Waals surface area contributed by atoms with Crippen molar-refractivity contribution in [2.75, 3.05) is 19.7 Å². The third-order valence-electron chi connectivity index (χ3n) is 2.30. The standard InChI is InChI=1S/C13H18N2O4/c1-10-2-4-11(5-3-10)19-9-8-15-13(18)14-7-6-12(16)17/h2-5H,6-9H2,1H3,(H,16,17)(H2,14,15,18). The quantitative estimate of drug-likeness (QED) is 0.646. The molecule has 0 aliphatic carbocycles. The zero-order chi connectivity index (χ0) is 14.1. The molecule has 2 amide bonds. The van der Waals surface area contributed by atoms with Gasteiger partial charge in [0.15, 0.2) is 0 Å². The number of ether oxygens (including phenoxy) is 1. The maximum Gasteiger partial charge on any atom is 0.314 e. The number of hydrogen-bond acceptors (Lipinski definition) is 3. The SMILES string of the molecule is Cc1ccc(OCCNC(=O)NCCC(=O)O)cc1. The second-order valence-electron chi connectivity index (χ2n) is 3.99. The van der Waals surface area contributed by atoms with E-state index in [9.17, 15) is 9.59 Å². The molecule has 0 unspecified atom stereocenters. The Hall–Kier alpha value is -2.24. The lowest BCUT2D eigenvalue weighted by atomic mass is 10.2. The van der Waals surface area contributed by atoms with Crippen molar-refractivity contribution in [1.29, 1.82) is 0 Å². The monoisotopic (exact) mass is 266 g/mol. The largest absolute Gasteiger partial charge is 0.492 e.